The van der Waals surface area contributed by atoms with Crippen molar-refractivity contribution in [2.75, 3.05) is 41.4 Å². The first kappa shape index (κ1) is 31.1. The van der Waals surface area contributed by atoms with Crippen LogP contribution in [0.25, 0.3) is 0 Å². The average molecular weight is 636 g/mol. The fourth-order valence-electron chi connectivity index (χ4n) is 7.41. The Balaban J connectivity index is 1.46. The van der Waals surface area contributed by atoms with Gasteiger partial charge in [0.15, 0.2) is 23.0 Å². The van der Waals surface area contributed by atoms with Crippen LogP contribution in [0.5, 0.6) is 34.5 Å². The Labute approximate surface area is 275 Å². The van der Waals surface area contributed by atoms with Crippen molar-refractivity contribution in [3.05, 3.63) is 105 Å². The smallest absolute Gasteiger partial charge is 0.252 e. The van der Waals surface area contributed by atoms with Gasteiger partial charge in [0.2, 0.25) is 0 Å². The summed E-state index contributed by atoms with van der Waals surface area (Å²) < 4.78 is 25.2. The van der Waals surface area contributed by atoms with Crippen molar-refractivity contribution in [3.8, 4) is 34.5 Å². The number of benzene rings is 4. The highest BCUT2D eigenvalue weighted by Gasteiger charge is 2.34. The zero-order chi connectivity index (χ0) is 32.8. The van der Waals surface area contributed by atoms with Gasteiger partial charge in [-0.1, -0.05) is 18.2 Å². The average Bonchev–Trinajstić information content (AvgIpc) is 3.07. The van der Waals surface area contributed by atoms with Crippen LogP contribution in [0, 0.1) is 0 Å². The number of carbonyl (C=O) groups excluding carboxylic acids is 1. The van der Waals surface area contributed by atoms with Crippen molar-refractivity contribution in [1.29, 1.82) is 0 Å². The lowest BCUT2D eigenvalue weighted by Crippen LogP contribution is -2.34. The summed E-state index contributed by atoms with van der Waals surface area (Å²) in [6.45, 7) is 1.57. The molecule has 244 valence electrons. The summed E-state index contributed by atoms with van der Waals surface area (Å²) in [5.41, 5.74) is 13.5. The molecule has 4 aromatic rings. The van der Waals surface area contributed by atoms with Gasteiger partial charge in [0.1, 0.15) is 11.5 Å². The number of ether oxygens (including phenoxy) is 4. The highest BCUT2D eigenvalue weighted by molar-refractivity contribution is 5.95. The Morgan fingerprint density at radius 2 is 1.55 bits per heavy atom. The predicted molar refractivity (Wildman–Crippen MR) is 179 cm³/mol. The third-order valence-corrected chi connectivity index (χ3v) is 9.99. The van der Waals surface area contributed by atoms with E-state index in [9.17, 15) is 9.90 Å². The van der Waals surface area contributed by atoms with Gasteiger partial charge in [-0.05, 0) is 110 Å². The number of fused-ring (bicyclic) bond motifs is 2. The number of aliphatic hydroxyl groups is 1. The first-order valence-electron chi connectivity index (χ1n) is 16.1. The van der Waals surface area contributed by atoms with Crippen LogP contribution >= 0.6 is 0 Å². The van der Waals surface area contributed by atoms with Gasteiger partial charge in [0.25, 0.3) is 5.91 Å². The van der Waals surface area contributed by atoms with Crippen molar-refractivity contribution in [3.63, 3.8) is 0 Å². The number of aliphatic hydroxyl groups excluding tert-OH is 1. The zero-order valence-corrected chi connectivity index (χ0v) is 27.3. The van der Waals surface area contributed by atoms with Gasteiger partial charge >= 0.3 is 0 Å². The Morgan fingerprint density at radius 3 is 2.26 bits per heavy atom. The number of primary amides is 1. The number of rotatable bonds is 4. The van der Waals surface area contributed by atoms with Crippen LogP contribution in [0.2, 0.25) is 0 Å². The van der Waals surface area contributed by atoms with Crippen LogP contribution < -0.4 is 24.7 Å². The third-order valence-electron chi connectivity index (χ3n) is 9.99. The van der Waals surface area contributed by atoms with E-state index in [4.69, 9.17) is 24.7 Å². The lowest BCUT2D eigenvalue weighted by Gasteiger charge is -2.37. The maximum atomic E-state index is 12.4. The second kappa shape index (κ2) is 12.6. The molecule has 0 spiro atoms. The van der Waals surface area contributed by atoms with E-state index in [-0.39, 0.29) is 18.7 Å². The third kappa shape index (κ3) is 5.69. The second-order valence-electron chi connectivity index (χ2n) is 12.8. The molecule has 47 heavy (non-hydrogen) atoms. The lowest BCUT2D eigenvalue weighted by atomic mass is 9.86. The molecule has 4 aliphatic heterocycles. The van der Waals surface area contributed by atoms with E-state index in [1.807, 2.05) is 24.3 Å². The number of carbonyl (C=O) groups is 1. The molecule has 0 radical (unpaired) electrons. The number of likely N-dealkylation sites (N-methyl/N-ethyl adjacent to an activating group) is 2. The standard InChI is InChI=1S/C38H41N3O6/c1-40-13-11-24-19-33(44-3)34-20-29(24)30(40)16-23-7-10-28(38(39)43)32(17-23)46-27-8-5-22(6-9-27)15-31-35-25(12-14-41(31)2)18-26(21-42)36(45-4)37(35)47-34/h5-10,17-20,30-31,42H,11-16,21H2,1-4H3,(H2,39,43)/t30-,31+/m1/s1. The van der Waals surface area contributed by atoms with E-state index in [1.165, 1.54) is 5.56 Å². The number of methoxy groups -OCH3 is 2. The van der Waals surface area contributed by atoms with Crippen molar-refractivity contribution >= 4 is 5.91 Å². The molecule has 0 aromatic heterocycles. The lowest BCUT2D eigenvalue weighted by molar-refractivity contribution is 0.0998. The van der Waals surface area contributed by atoms with Crippen LogP contribution in [0.15, 0.2) is 60.7 Å². The van der Waals surface area contributed by atoms with Crippen LogP contribution in [-0.4, -0.2) is 62.2 Å². The molecule has 0 fully saturated rings. The molecule has 6 bridgehead atoms. The molecule has 0 aliphatic carbocycles. The molecule has 9 nitrogen and oxygen atoms in total. The summed E-state index contributed by atoms with van der Waals surface area (Å²) in [6.07, 6.45) is 3.07. The SMILES string of the molecule is COc1cc2c3cc1Oc1c(OC)c(CO)cc4c1[C@H](Cc1ccc(cc1)Oc1cc(ccc1C(N)=O)C[C@H]3N(C)CC2)N(C)CC4. The van der Waals surface area contributed by atoms with Crippen molar-refractivity contribution in [2.45, 2.75) is 44.4 Å². The van der Waals surface area contributed by atoms with Crippen LogP contribution in [0.3, 0.4) is 0 Å². The molecule has 9 heteroatoms. The molecule has 4 aromatic carbocycles. The van der Waals surface area contributed by atoms with E-state index in [1.54, 1.807) is 20.3 Å². The maximum absolute atomic E-state index is 12.4. The minimum atomic E-state index is -0.533. The molecule has 2 atom stereocenters. The summed E-state index contributed by atoms with van der Waals surface area (Å²) in [6, 6.07) is 19.9. The minimum Gasteiger partial charge on any atom is -0.493 e. The van der Waals surface area contributed by atoms with Crippen LogP contribution in [0.1, 0.15) is 61.4 Å². The zero-order valence-electron chi connectivity index (χ0n) is 27.3. The number of amides is 1. The molecular weight excluding hydrogens is 594 g/mol. The molecular formula is C38H41N3O6. The van der Waals surface area contributed by atoms with Crippen LogP contribution in [0.4, 0.5) is 0 Å². The highest BCUT2D eigenvalue weighted by Crippen LogP contribution is 2.49. The fourth-order valence-corrected chi connectivity index (χ4v) is 7.41. The van der Waals surface area contributed by atoms with Gasteiger partial charge in [-0.2, -0.15) is 0 Å². The maximum Gasteiger partial charge on any atom is 0.252 e. The molecule has 4 aliphatic rings. The number of nitrogens with two attached hydrogens (primary N) is 1. The van der Waals surface area contributed by atoms with Gasteiger partial charge in [0.05, 0.1) is 26.4 Å². The normalized spacial score (nSPS) is 19.1. The summed E-state index contributed by atoms with van der Waals surface area (Å²) in [5, 5.41) is 10.4. The Bertz CT molecular complexity index is 1840. The first-order chi connectivity index (χ1) is 22.8. The van der Waals surface area contributed by atoms with E-state index in [0.717, 1.165) is 53.7 Å². The van der Waals surface area contributed by atoms with Crippen molar-refractivity contribution in [2.24, 2.45) is 5.73 Å². The molecule has 3 N–H and O–H groups in total. The Kier molecular flexibility index (Phi) is 8.30. The topological polar surface area (TPSA) is 107 Å². The van der Waals surface area contributed by atoms with Gasteiger partial charge in [-0.15, -0.1) is 0 Å². The van der Waals surface area contributed by atoms with E-state index < -0.39 is 5.91 Å². The number of nitrogens with zero attached hydrogens (tertiary/aromatic N) is 2. The quantitative estimate of drug-likeness (QED) is 0.293. The van der Waals surface area contributed by atoms with Crippen molar-refractivity contribution in [1.82, 2.24) is 9.80 Å². The summed E-state index contributed by atoms with van der Waals surface area (Å²) in [5.74, 6) is 2.91. The van der Waals surface area contributed by atoms with Crippen LogP contribution in [-0.2, 0) is 32.3 Å². The molecule has 1 amide bonds. The fraction of sp³-hybridized carbons (Fsp3) is 0.342. The molecule has 0 saturated carbocycles. The first-order valence-corrected chi connectivity index (χ1v) is 16.1. The van der Waals surface area contributed by atoms with E-state index >= 15 is 0 Å². The predicted octanol–water partition coefficient (Wildman–Crippen LogP) is 5.74. The largest absolute Gasteiger partial charge is 0.493 e. The van der Waals surface area contributed by atoms with E-state index in [2.05, 4.69) is 54.2 Å². The summed E-state index contributed by atoms with van der Waals surface area (Å²) >= 11 is 0. The highest BCUT2D eigenvalue weighted by atomic mass is 16.5. The minimum absolute atomic E-state index is 0.0240. The number of hydrogen-bond acceptors (Lipinski definition) is 8. The van der Waals surface area contributed by atoms with Gasteiger partial charge < -0.3 is 29.8 Å². The number of hydrogen-bond donors (Lipinski definition) is 2. The Hall–Kier alpha value is -4.57. The van der Waals surface area contributed by atoms with E-state index in [0.29, 0.717) is 58.5 Å². The molecule has 8 rings (SSSR count). The van der Waals surface area contributed by atoms with Gasteiger partial charge in [-0.3, -0.25) is 14.6 Å². The molecule has 0 unspecified atom stereocenters. The Morgan fingerprint density at radius 1 is 0.851 bits per heavy atom. The van der Waals surface area contributed by atoms with Gasteiger partial charge in [0, 0.05) is 36.3 Å². The molecule has 4 heterocycles. The van der Waals surface area contributed by atoms with Gasteiger partial charge in [-0.25, -0.2) is 0 Å². The summed E-state index contributed by atoms with van der Waals surface area (Å²) in [7, 11) is 7.55. The monoisotopic (exact) mass is 635 g/mol. The second-order valence-corrected chi connectivity index (χ2v) is 12.8. The molecule has 0 saturated heterocycles. The summed E-state index contributed by atoms with van der Waals surface area (Å²) in [4.78, 5) is 17.1. The van der Waals surface area contributed by atoms with Crippen molar-refractivity contribution < 1.29 is 28.8 Å².